The molecule has 8 nitrogen and oxygen atoms in total. The molecule has 2 aromatic rings. The Bertz CT molecular complexity index is 1000. The van der Waals surface area contributed by atoms with Crippen molar-refractivity contribution in [3.8, 4) is 5.75 Å². The Morgan fingerprint density at radius 2 is 1.82 bits per heavy atom. The molecule has 1 atom stereocenters. The zero-order valence-corrected chi connectivity index (χ0v) is 18.9. The zero-order chi connectivity index (χ0) is 23.2. The van der Waals surface area contributed by atoms with E-state index in [1.54, 1.807) is 35.2 Å². The largest absolute Gasteiger partial charge is 0.494 e. The lowest BCUT2D eigenvalue weighted by Crippen LogP contribution is -2.53. The second kappa shape index (κ2) is 10.4. The van der Waals surface area contributed by atoms with Gasteiger partial charge in [0.1, 0.15) is 11.8 Å². The van der Waals surface area contributed by atoms with Crippen LogP contribution in [0.25, 0.3) is 0 Å². The maximum absolute atomic E-state index is 12.9. The molecule has 2 aromatic carbocycles. The number of carbonyl (C=O) groups excluding carboxylic acids is 3. The number of carbonyl (C=O) groups is 3. The quantitative estimate of drug-likeness (QED) is 0.644. The molecule has 0 spiro atoms. The summed E-state index contributed by atoms with van der Waals surface area (Å²) in [5, 5.41) is 5.73. The summed E-state index contributed by atoms with van der Waals surface area (Å²) in [6, 6.07) is 13.7. The van der Waals surface area contributed by atoms with Crippen LogP contribution in [0.3, 0.4) is 0 Å². The number of rotatable bonds is 8. The molecule has 0 radical (unpaired) electrons. The van der Waals surface area contributed by atoms with E-state index in [1.807, 2.05) is 30.0 Å². The Balaban J connectivity index is 1.47. The van der Waals surface area contributed by atoms with Crippen molar-refractivity contribution in [3.63, 3.8) is 0 Å². The number of likely N-dealkylation sites (tertiary alicyclic amines) is 1. The molecule has 0 aromatic heterocycles. The van der Waals surface area contributed by atoms with Gasteiger partial charge in [-0.25, -0.2) is 0 Å². The van der Waals surface area contributed by atoms with E-state index in [0.717, 1.165) is 43.8 Å². The number of para-hydroxylation sites is 2. The van der Waals surface area contributed by atoms with Crippen LogP contribution in [0.4, 0.5) is 17.1 Å². The van der Waals surface area contributed by atoms with E-state index in [4.69, 9.17) is 4.74 Å². The molecule has 0 unspecified atom stereocenters. The third-order valence-corrected chi connectivity index (χ3v) is 5.90. The highest BCUT2D eigenvalue weighted by atomic mass is 16.5. The number of hydrogen-bond donors (Lipinski definition) is 2. The van der Waals surface area contributed by atoms with E-state index >= 15 is 0 Å². The Labute approximate surface area is 193 Å². The standard InChI is InChI=1S/C25H30N4O4/c1-2-15-33-19-11-9-18(10-12-19)26-23(30)16-22-25(32)27-20-7-3-4-8-21(20)29(22)17-24(31)28-13-5-6-14-28/h3-4,7-12,22H,2,5-6,13-17H2,1H3,(H,26,30)(H,27,32)/t22-/m0/s1. The second-order valence-corrected chi connectivity index (χ2v) is 8.36. The van der Waals surface area contributed by atoms with Gasteiger partial charge >= 0.3 is 0 Å². The molecule has 2 aliphatic rings. The third kappa shape index (κ3) is 5.45. The number of hydrogen-bond acceptors (Lipinski definition) is 5. The van der Waals surface area contributed by atoms with Gasteiger partial charge in [-0.2, -0.15) is 0 Å². The van der Waals surface area contributed by atoms with Crippen molar-refractivity contribution in [1.82, 2.24) is 4.90 Å². The molecule has 3 amide bonds. The first kappa shape index (κ1) is 22.6. The summed E-state index contributed by atoms with van der Waals surface area (Å²) in [6.45, 7) is 4.21. The Kier molecular flexibility index (Phi) is 7.12. The maximum Gasteiger partial charge on any atom is 0.247 e. The van der Waals surface area contributed by atoms with Gasteiger partial charge < -0.3 is 25.2 Å². The topological polar surface area (TPSA) is 91.0 Å². The molecule has 2 heterocycles. The minimum Gasteiger partial charge on any atom is -0.494 e. The smallest absolute Gasteiger partial charge is 0.247 e. The van der Waals surface area contributed by atoms with Gasteiger partial charge in [0.15, 0.2) is 0 Å². The third-order valence-electron chi connectivity index (χ3n) is 5.90. The van der Waals surface area contributed by atoms with Gasteiger partial charge in [-0.3, -0.25) is 14.4 Å². The number of nitrogens with zero attached hydrogens (tertiary/aromatic N) is 2. The van der Waals surface area contributed by atoms with Gasteiger partial charge in [-0.15, -0.1) is 0 Å². The van der Waals surface area contributed by atoms with Crippen molar-refractivity contribution >= 4 is 34.8 Å². The average Bonchev–Trinajstić information content (AvgIpc) is 3.36. The van der Waals surface area contributed by atoms with Crippen LogP contribution in [-0.2, 0) is 14.4 Å². The van der Waals surface area contributed by atoms with Gasteiger partial charge in [-0.1, -0.05) is 19.1 Å². The fourth-order valence-corrected chi connectivity index (χ4v) is 4.21. The molecule has 2 aliphatic heterocycles. The van der Waals surface area contributed by atoms with Gasteiger partial charge in [0.05, 0.1) is 30.9 Å². The van der Waals surface area contributed by atoms with Crippen molar-refractivity contribution < 1.29 is 19.1 Å². The van der Waals surface area contributed by atoms with Crippen LogP contribution in [-0.4, -0.2) is 54.9 Å². The maximum atomic E-state index is 12.9. The molecule has 0 aliphatic carbocycles. The predicted octanol–water partition coefficient (Wildman–Crippen LogP) is 3.25. The number of benzene rings is 2. The fourth-order valence-electron chi connectivity index (χ4n) is 4.21. The van der Waals surface area contributed by atoms with Crippen molar-refractivity contribution in [2.75, 3.05) is 41.8 Å². The summed E-state index contributed by atoms with van der Waals surface area (Å²) in [5.74, 6) is 0.131. The van der Waals surface area contributed by atoms with Crippen LogP contribution in [0.2, 0.25) is 0 Å². The molecule has 174 valence electrons. The number of nitrogens with one attached hydrogen (secondary N) is 2. The van der Waals surface area contributed by atoms with Crippen molar-refractivity contribution in [2.24, 2.45) is 0 Å². The summed E-state index contributed by atoms with van der Waals surface area (Å²) in [5.41, 5.74) is 2.02. The van der Waals surface area contributed by atoms with Crippen molar-refractivity contribution in [2.45, 2.75) is 38.6 Å². The van der Waals surface area contributed by atoms with Crippen LogP contribution in [0.15, 0.2) is 48.5 Å². The summed E-state index contributed by atoms with van der Waals surface area (Å²) < 4.78 is 5.57. The van der Waals surface area contributed by atoms with Crippen LogP contribution >= 0.6 is 0 Å². The van der Waals surface area contributed by atoms with Gasteiger partial charge in [0.2, 0.25) is 17.7 Å². The number of fused-ring (bicyclic) bond motifs is 1. The Hall–Kier alpha value is -3.55. The molecule has 8 heteroatoms. The van der Waals surface area contributed by atoms with E-state index < -0.39 is 6.04 Å². The number of anilines is 3. The lowest BCUT2D eigenvalue weighted by atomic mass is 10.0. The fraction of sp³-hybridized carbons (Fsp3) is 0.400. The monoisotopic (exact) mass is 450 g/mol. The molecule has 1 saturated heterocycles. The van der Waals surface area contributed by atoms with Crippen LogP contribution in [0.5, 0.6) is 5.75 Å². The summed E-state index contributed by atoms with van der Waals surface area (Å²) in [4.78, 5) is 42.3. The minimum atomic E-state index is -0.779. The predicted molar refractivity (Wildman–Crippen MR) is 127 cm³/mol. The first-order valence-electron chi connectivity index (χ1n) is 11.5. The van der Waals surface area contributed by atoms with Crippen molar-refractivity contribution in [3.05, 3.63) is 48.5 Å². The molecule has 4 rings (SSSR count). The molecule has 2 N–H and O–H groups in total. The van der Waals surface area contributed by atoms with Crippen LogP contribution in [0, 0.1) is 0 Å². The van der Waals surface area contributed by atoms with E-state index in [9.17, 15) is 14.4 Å². The zero-order valence-electron chi connectivity index (χ0n) is 18.9. The van der Waals surface area contributed by atoms with Crippen LogP contribution < -0.4 is 20.3 Å². The van der Waals surface area contributed by atoms with E-state index in [2.05, 4.69) is 10.6 Å². The SMILES string of the molecule is CCCOc1ccc(NC(=O)C[C@H]2C(=O)Nc3ccccc3N2CC(=O)N2CCCC2)cc1. The number of ether oxygens (including phenoxy) is 1. The second-order valence-electron chi connectivity index (χ2n) is 8.36. The van der Waals surface area contributed by atoms with E-state index in [-0.39, 0.29) is 30.7 Å². The van der Waals surface area contributed by atoms with Crippen molar-refractivity contribution in [1.29, 1.82) is 0 Å². The summed E-state index contributed by atoms with van der Waals surface area (Å²) >= 11 is 0. The Morgan fingerprint density at radius 3 is 2.55 bits per heavy atom. The summed E-state index contributed by atoms with van der Waals surface area (Å²) in [6.07, 6.45) is 2.84. The minimum absolute atomic E-state index is 0.0231. The highest BCUT2D eigenvalue weighted by Crippen LogP contribution is 2.33. The Morgan fingerprint density at radius 1 is 1.09 bits per heavy atom. The highest BCUT2D eigenvalue weighted by Gasteiger charge is 2.36. The van der Waals surface area contributed by atoms with Gasteiger partial charge in [0, 0.05) is 18.8 Å². The normalized spacial score (nSPS) is 17.4. The average molecular weight is 451 g/mol. The van der Waals surface area contributed by atoms with E-state index in [0.29, 0.717) is 18.0 Å². The molecule has 33 heavy (non-hydrogen) atoms. The van der Waals surface area contributed by atoms with Crippen LogP contribution in [0.1, 0.15) is 32.6 Å². The van der Waals surface area contributed by atoms with Gasteiger partial charge in [0.25, 0.3) is 0 Å². The lowest BCUT2D eigenvalue weighted by Gasteiger charge is -2.38. The molecule has 0 bridgehead atoms. The molecule has 0 saturated carbocycles. The molecule has 1 fully saturated rings. The van der Waals surface area contributed by atoms with E-state index in [1.165, 1.54) is 0 Å². The first-order chi connectivity index (χ1) is 16.0. The first-order valence-corrected chi connectivity index (χ1v) is 11.5. The molecular formula is C25H30N4O4. The lowest BCUT2D eigenvalue weighted by molar-refractivity contribution is -0.129. The molecular weight excluding hydrogens is 420 g/mol. The number of amides is 3. The highest BCUT2D eigenvalue weighted by molar-refractivity contribution is 6.07. The summed E-state index contributed by atoms with van der Waals surface area (Å²) in [7, 11) is 0. The van der Waals surface area contributed by atoms with Gasteiger partial charge in [-0.05, 0) is 55.7 Å².